The van der Waals surface area contributed by atoms with Crippen molar-refractivity contribution >= 4 is 69.7 Å². The fourth-order valence-corrected chi connectivity index (χ4v) is 10.8. The number of rotatable bonds is 54. The Labute approximate surface area is 446 Å². The van der Waals surface area contributed by atoms with Crippen molar-refractivity contribution in [3.05, 3.63) is 0 Å². The Morgan fingerprint density at radius 3 is 0.597 bits per heavy atom. The van der Waals surface area contributed by atoms with Crippen molar-refractivity contribution in [2.45, 2.75) is 309 Å². The number of hydrogen-bond donors (Lipinski definition) is 2. The smallest absolute Gasteiger partial charge is 0.550 e. The predicted octanol–water partition coefficient (Wildman–Crippen LogP) is 12.9. The molecule has 0 spiro atoms. The first kappa shape index (κ1) is 71.3. The molecule has 0 saturated heterocycles. The van der Waals surface area contributed by atoms with E-state index in [9.17, 15) is 36.6 Å². The van der Waals surface area contributed by atoms with Gasteiger partial charge in [-0.25, -0.2) is 26.3 Å². The van der Waals surface area contributed by atoms with Gasteiger partial charge in [-0.2, -0.15) is 0 Å². The van der Waals surface area contributed by atoms with Crippen LogP contribution in [0.3, 0.4) is 0 Å². The van der Waals surface area contributed by atoms with E-state index in [4.69, 9.17) is 0 Å². The molecule has 0 bridgehead atoms. The van der Waals surface area contributed by atoms with E-state index in [0.717, 1.165) is 25.7 Å². The van der Waals surface area contributed by atoms with E-state index in [-0.39, 0.29) is 75.2 Å². The summed E-state index contributed by atoms with van der Waals surface area (Å²) >= 11 is 0. The second kappa shape index (κ2) is 56.9. The molecule has 0 aliphatic rings. The van der Waals surface area contributed by atoms with Gasteiger partial charge >= 0.3 is 37.7 Å². The van der Waals surface area contributed by atoms with E-state index in [1.165, 1.54) is 244 Å². The van der Waals surface area contributed by atoms with Crippen LogP contribution in [0.1, 0.15) is 309 Å². The van der Waals surface area contributed by atoms with Gasteiger partial charge in [0.05, 0.1) is 11.5 Å². The predicted molar refractivity (Wildman–Crippen MR) is 283 cm³/mol. The molecule has 0 aromatic rings. The summed E-state index contributed by atoms with van der Waals surface area (Å²) in [6.07, 6.45) is 57.2. The van der Waals surface area contributed by atoms with Crippen LogP contribution in [0.15, 0.2) is 0 Å². The summed E-state index contributed by atoms with van der Waals surface area (Å²) in [6, 6.07) is 0. The molecule has 0 aliphatic heterocycles. The third-order valence-electron chi connectivity index (χ3n) is 12.8. The first-order valence-electron chi connectivity index (χ1n) is 28.3. The number of carboxylic acid groups (broad SMARTS) is 2. The molecule has 0 heterocycles. The van der Waals surface area contributed by atoms with E-state index in [1.807, 2.05) is 0 Å². The quantitative estimate of drug-likeness (QED) is 0.0447. The molecule has 0 aromatic heterocycles. The third kappa shape index (κ3) is 66.0. The topological polar surface area (TPSA) is 173 Å². The van der Waals surface area contributed by atoms with Crippen LogP contribution >= 0.6 is 0 Å². The van der Waals surface area contributed by atoms with Crippen LogP contribution in [0.5, 0.6) is 0 Å². The maximum Gasteiger partial charge on any atom is 2.00 e. The largest absolute Gasteiger partial charge is 2.00 e. The Kier molecular flexibility index (Phi) is 60.6. The normalized spacial score (nSPS) is 11.6. The summed E-state index contributed by atoms with van der Waals surface area (Å²) in [6.45, 7) is 4.40. The standard InChI is InChI=1S/2C27H55NO4S.Ca/c2*1-2-3-4-5-6-7-8-9-10-11-12-13-14-15-16-17-18-19-20-21-22-23-26-33(31,32)28-25-24-27(29)30;/h2*28H,2-26H2,1H3,(H,29,30);/q;;+2/p-2. The maximum absolute atomic E-state index is 11.7. The zero-order valence-corrected chi connectivity index (χ0v) is 48.0. The van der Waals surface area contributed by atoms with E-state index < -0.39 is 32.0 Å². The maximum atomic E-state index is 11.7. The Hall–Kier alpha value is 0.0197. The van der Waals surface area contributed by atoms with Gasteiger partial charge in [0.25, 0.3) is 0 Å². The Morgan fingerprint density at radius 1 is 0.299 bits per heavy atom. The van der Waals surface area contributed by atoms with Gasteiger partial charge in [0, 0.05) is 37.9 Å². The fourth-order valence-electron chi connectivity index (χ4n) is 8.56. The molecular formula is C54H108CaN2O8S2. The number of sulfonamides is 2. The zero-order chi connectivity index (χ0) is 48.9. The van der Waals surface area contributed by atoms with Crippen molar-refractivity contribution < 1.29 is 36.6 Å². The van der Waals surface area contributed by atoms with Crippen LogP contribution in [0.25, 0.3) is 0 Å². The van der Waals surface area contributed by atoms with E-state index in [1.54, 1.807) is 0 Å². The molecule has 0 saturated carbocycles. The van der Waals surface area contributed by atoms with Gasteiger partial charge in [0.2, 0.25) is 20.0 Å². The first-order chi connectivity index (χ1) is 32.0. The molecule has 0 aromatic carbocycles. The number of carboxylic acids is 2. The minimum Gasteiger partial charge on any atom is -0.550 e. The fraction of sp³-hybridized carbons (Fsp3) is 0.963. The van der Waals surface area contributed by atoms with Crippen LogP contribution in [0.4, 0.5) is 0 Å². The molecule has 0 atom stereocenters. The molecule has 0 unspecified atom stereocenters. The summed E-state index contributed by atoms with van der Waals surface area (Å²) in [5.41, 5.74) is 0. The molecule has 67 heavy (non-hydrogen) atoms. The number of unbranched alkanes of at least 4 members (excludes halogenated alkanes) is 42. The minimum absolute atomic E-state index is 0. The average molecular weight is 1020 g/mol. The van der Waals surface area contributed by atoms with Crippen molar-refractivity contribution in [3.8, 4) is 0 Å². The number of nitrogens with one attached hydrogen (secondary N) is 2. The first-order valence-corrected chi connectivity index (χ1v) is 31.6. The molecule has 0 radical (unpaired) electrons. The van der Waals surface area contributed by atoms with Gasteiger partial charge in [-0.1, -0.05) is 284 Å². The Balaban J connectivity index is -0.00000120. The molecule has 0 aliphatic carbocycles. The van der Waals surface area contributed by atoms with Gasteiger partial charge in [-0.05, 0) is 12.8 Å². The van der Waals surface area contributed by atoms with Crippen LogP contribution in [0, 0.1) is 0 Å². The average Bonchev–Trinajstić information content (AvgIpc) is 3.27. The van der Waals surface area contributed by atoms with Gasteiger partial charge in [0.1, 0.15) is 0 Å². The number of carbonyl (C=O) groups excluding carboxylic acids is 2. The van der Waals surface area contributed by atoms with Crippen molar-refractivity contribution in [2.24, 2.45) is 0 Å². The Bertz CT molecular complexity index is 1150. The molecule has 2 N–H and O–H groups in total. The minimum atomic E-state index is -3.34. The molecule has 0 amide bonds. The van der Waals surface area contributed by atoms with Crippen molar-refractivity contribution in [2.75, 3.05) is 24.6 Å². The molecule has 0 fully saturated rings. The van der Waals surface area contributed by atoms with E-state index in [0.29, 0.717) is 12.8 Å². The Morgan fingerprint density at radius 2 is 0.448 bits per heavy atom. The SMILES string of the molecule is CCCCCCCCCCCCCCCCCCCCCCCCS(=O)(=O)NCCC(=O)[O-].CCCCCCCCCCCCCCCCCCCCCCCCS(=O)(=O)NCCC(=O)[O-].[Ca+2]. The molecule has 13 heteroatoms. The number of carbonyl (C=O) groups is 2. The van der Waals surface area contributed by atoms with Crippen LogP contribution in [-0.2, 0) is 29.6 Å². The summed E-state index contributed by atoms with van der Waals surface area (Å²) in [4.78, 5) is 20.6. The number of hydrogen-bond acceptors (Lipinski definition) is 8. The van der Waals surface area contributed by atoms with Gasteiger partial charge in [0.15, 0.2) is 0 Å². The van der Waals surface area contributed by atoms with Crippen LogP contribution < -0.4 is 19.7 Å². The summed E-state index contributed by atoms with van der Waals surface area (Å²) in [7, 11) is -6.69. The monoisotopic (exact) mass is 1020 g/mol. The van der Waals surface area contributed by atoms with Crippen molar-refractivity contribution in [3.63, 3.8) is 0 Å². The van der Waals surface area contributed by atoms with Crippen molar-refractivity contribution in [1.82, 2.24) is 9.44 Å². The van der Waals surface area contributed by atoms with Crippen LogP contribution in [0.2, 0.25) is 0 Å². The zero-order valence-electron chi connectivity index (χ0n) is 44.1. The van der Waals surface area contributed by atoms with Gasteiger partial charge in [-0.3, -0.25) is 0 Å². The van der Waals surface area contributed by atoms with Crippen LogP contribution in [-0.4, -0.2) is 91.1 Å². The van der Waals surface area contributed by atoms with Gasteiger partial charge < -0.3 is 19.8 Å². The summed E-state index contributed by atoms with van der Waals surface area (Å²) in [5.74, 6) is -2.30. The van der Waals surface area contributed by atoms with E-state index in [2.05, 4.69) is 23.3 Å². The van der Waals surface area contributed by atoms with Gasteiger partial charge in [-0.15, -0.1) is 0 Å². The number of aliphatic carboxylic acids is 2. The second-order valence-corrected chi connectivity index (χ2v) is 23.4. The summed E-state index contributed by atoms with van der Waals surface area (Å²) in [5, 5.41) is 20.6. The second-order valence-electron chi connectivity index (χ2n) is 19.5. The van der Waals surface area contributed by atoms with E-state index >= 15 is 0 Å². The van der Waals surface area contributed by atoms with Crippen molar-refractivity contribution in [1.29, 1.82) is 0 Å². The molecule has 396 valence electrons. The molecule has 10 nitrogen and oxygen atoms in total. The summed E-state index contributed by atoms with van der Waals surface area (Å²) < 4.78 is 51.4. The third-order valence-corrected chi connectivity index (χ3v) is 15.8. The molecular weight excluding hydrogens is 909 g/mol. The molecule has 0 rings (SSSR count).